The fourth-order valence-electron chi connectivity index (χ4n) is 1.69. The van der Waals surface area contributed by atoms with Crippen molar-refractivity contribution in [3.8, 4) is 0 Å². The van der Waals surface area contributed by atoms with E-state index in [4.69, 9.17) is 0 Å². The molecule has 2 rings (SSSR count). The van der Waals surface area contributed by atoms with Crippen molar-refractivity contribution in [2.24, 2.45) is 0 Å². The fourth-order valence-corrected chi connectivity index (χ4v) is 2.30. The Balaban J connectivity index is 2.05. The number of rotatable bonds is 5. The van der Waals surface area contributed by atoms with Crippen molar-refractivity contribution in [1.82, 2.24) is 9.97 Å². The van der Waals surface area contributed by atoms with E-state index in [2.05, 4.69) is 9.97 Å². The maximum Gasteiger partial charge on any atom is 0.290 e. The maximum atomic E-state index is 10.7. The highest BCUT2D eigenvalue weighted by molar-refractivity contribution is 7.09. The molecule has 19 heavy (non-hydrogen) atoms. The van der Waals surface area contributed by atoms with Crippen LogP contribution < -0.4 is 4.90 Å². The zero-order chi connectivity index (χ0) is 13.8. The number of likely N-dealkylation sites (N-methyl/N-ethyl adjacent to an activating group) is 1. The molecule has 2 heterocycles. The third-order valence-corrected chi connectivity index (χ3v) is 3.64. The van der Waals surface area contributed by atoms with Crippen LogP contribution in [0.15, 0.2) is 23.8 Å². The van der Waals surface area contributed by atoms with Gasteiger partial charge in [0.2, 0.25) is 0 Å². The molecule has 0 radical (unpaired) electrons. The van der Waals surface area contributed by atoms with Crippen molar-refractivity contribution >= 4 is 22.8 Å². The van der Waals surface area contributed by atoms with Gasteiger partial charge in [0.15, 0.2) is 0 Å². The van der Waals surface area contributed by atoms with E-state index >= 15 is 0 Å². The molecule has 0 N–H and O–H groups in total. The summed E-state index contributed by atoms with van der Waals surface area (Å²) in [7, 11) is 1.92. The monoisotopic (exact) mass is 278 g/mol. The maximum absolute atomic E-state index is 10.7. The molecular weight excluding hydrogens is 264 g/mol. The predicted octanol–water partition coefficient (Wildman–Crippen LogP) is 2.43. The number of nitro groups is 1. The lowest BCUT2D eigenvalue weighted by molar-refractivity contribution is -0.385. The second-order valence-electron chi connectivity index (χ2n) is 4.18. The Morgan fingerprint density at radius 3 is 2.84 bits per heavy atom. The largest absolute Gasteiger partial charge is 0.359 e. The molecule has 0 aliphatic heterocycles. The standard InChI is InChI=1S/C12H14N4O2S/c1-9-7-11(14-8-10(9)16(17)18)15(2)5-3-12-13-4-6-19-12/h4,6-8H,3,5H2,1-2H3. The number of aryl methyl sites for hydroxylation is 1. The molecule has 2 aromatic heterocycles. The van der Waals surface area contributed by atoms with E-state index in [-0.39, 0.29) is 5.69 Å². The molecule has 0 saturated heterocycles. The average Bonchev–Trinajstić information content (AvgIpc) is 2.88. The molecule has 0 saturated carbocycles. The van der Waals surface area contributed by atoms with E-state index in [0.29, 0.717) is 5.56 Å². The van der Waals surface area contributed by atoms with Crippen LogP contribution in [0.3, 0.4) is 0 Å². The van der Waals surface area contributed by atoms with Gasteiger partial charge < -0.3 is 4.90 Å². The van der Waals surface area contributed by atoms with Gasteiger partial charge in [-0.15, -0.1) is 11.3 Å². The molecule has 0 aliphatic rings. The number of aromatic nitrogens is 2. The van der Waals surface area contributed by atoms with Gasteiger partial charge in [0, 0.05) is 37.2 Å². The molecule has 0 atom stereocenters. The number of pyridine rings is 1. The summed E-state index contributed by atoms with van der Waals surface area (Å²) in [5.74, 6) is 0.736. The van der Waals surface area contributed by atoms with Crippen LogP contribution in [0.1, 0.15) is 10.6 Å². The number of nitrogens with zero attached hydrogens (tertiary/aromatic N) is 4. The molecule has 2 aromatic rings. The number of thiazole rings is 1. The highest BCUT2D eigenvalue weighted by Gasteiger charge is 2.13. The number of hydrogen-bond acceptors (Lipinski definition) is 6. The van der Waals surface area contributed by atoms with E-state index < -0.39 is 4.92 Å². The lowest BCUT2D eigenvalue weighted by atomic mass is 10.2. The van der Waals surface area contributed by atoms with Crippen molar-refractivity contribution < 1.29 is 4.92 Å². The van der Waals surface area contributed by atoms with Crippen molar-refractivity contribution in [2.75, 3.05) is 18.5 Å². The van der Waals surface area contributed by atoms with Gasteiger partial charge in [0.25, 0.3) is 5.69 Å². The summed E-state index contributed by atoms with van der Waals surface area (Å²) < 4.78 is 0. The first kappa shape index (κ1) is 13.4. The molecule has 0 aromatic carbocycles. The van der Waals surface area contributed by atoms with Gasteiger partial charge in [-0.25, -0.2) is 9.97 Å². The van der Waals surface area contributed by atoms with Gasteiger partial charge in [-0.2, -0.15) is 0 Å². The lowest BCUT2D eigenvalue weighted by Gasteiger charge is -2.17. The molecule has 6 nitrogen and oxygen atoms in total. The highest BCUT2D eigenvalue weighted by Crippen LogP contribution is 2.20. The quantitative estimate of drug-likeness (QED) is 0.620. The Morgan fingerprint density at radius 2 is 2.26 bits per heavy atom. The Bertz CT molecular complexity index is 571. The molecule has 0 unspecified atom stereocenters. The van der Waals surface area contributed by atoms with Crippen LogP contribution in [-0.2, 0) is 6.42 Å². The zero-order valence-corrected chi connectivity index (χ0v) is 11.6. The Labute approximate surface area is 114 Å². The van der Waals surface area contributed by atoms with Crippen LogP contribution in [0.5, 0.6) is 0 Å². The Hall–Kier alpha value is -2.02. The van der Waals surface area contributed by atoms with Crippen LogP contribution in [0.4, 0.5) is 11.5 Å². The molecule has 0 fully saturated rings. The third-order valence-electron chi connectivity index (χ3n) is 2.80. The zero-order valence-electron chi connectivity index (χ0n) is 10.7. The molecule has 0 amide bonds. The van der Waals surface area contributed by atoms with Gasteiger partial charge >= 0.3 is 0 Å². The smallest absolute Gasteiger partial charge is 0.290 e. The summed E-state index contributed by atoms with van der Waals surface area (Å²) in [6.45, 7) is 2.50. The van der Waals surface area contributed by atoms with Crippen LogP contribution in [0.25, 0.3) is 0 Å². The third kappa shape index (κ3) is 3.25. The molecule has 0 aliphatic carbocycles. The van der Waals surface area contributed by atoms with E-state index in [1.54, 1.807) is 30.5 Å². The minimum Gasteiger partial charge on any atom is -0.359 e. The van der Waals surface area contributed by atoms with Crippen LogP contribution >= 0.6 is 11.3 Å². The van der Waals surface area contributed by atoms with E-state index in [1.807, 2.05) is 17.3 Å². The highest BCUT2D eigenvalue weighted by atomic mass is 32.1. The van der Waals surface area contributed by atoms with Gasteiger partial charge in [0.1, 0.15) is 12.0 Å². The summed E-state index contributed by atoms with van der Waals surface area (Å²) >= 11 is 1.62. The number of anilines is 1. The van der Waals surface area contributed by atoms with Gasteiger partial charge in [-0.1, -0.05) is 0 Å². The summed E-state index contributed by atoms with van der Waals surface area (Å²) in [5.41, 5.74) is 0.674. The first-order valence-electron chi connectivity index (χ1n) is 5.78. The first-order valence-corrected chi connectivity index (χ1v) is 6.66. The topological polar surface area (TPSA) is 72.2 Å². The van der Waals surface area contributed by atoms with Crippen LogP contribution in [-0.4, -0.2) is 28.5 Å². The second-order valence-corrected chi connectivity index (χ2v) is 5.16. The van der Waals surface area contributed by atoms with Crippen molar-refractivity contribution in [3.63, 3.8) is 0 Å². The SMILES string of the molecule is Cc1cc(N(C)CCc2nccs2)ncc1[N+](=O)[O-]. The molecule has 0 bridgehead atoms. The van der Waals surface area contributed by atoms with Crippen LogP contribution in [0.2, 0.25) is 0 Å². The summed E-state index contributed by atoms with van der Waals surface area (Å²) in [4.78, 5) is 20.6. The predicted molar refractivity (Wildman–Crippen MR) is 74.7 cm³/mol. The summed E-state index contributed by atoms with van der Waals surface area (Å²) in [6.07, 6.45) is 3.94. The first-order chi connectivity index (χ1) is 9.08. The van der Waals surface area contributed by atoms with E-state index in [9.17, 15) is 10.1 Å². The average molecular weight is 278 g/mol. The molecule has 7 heteroatoms. The second kappa shape index (κ2) is 5.75. The minimum atomic E-state index is -0.415. The Kier molecular flexibility index (Phi) is 4.06. The van der Waals surface area contributed by atoms with Gasteiger partial charge in [0.05, 0.1) is 9.93 Å². The molecule has 100 valence electrons. The van der Waals surface area contributed by atoms with Crippen LogP contribution in [0, 0.1) is 17.0 Å². The summed E-state index contributed by atoms with van der Waals surface area (Å²) in [6, 6.07) is 1.74. The molecular formula is C12H14N4O2S. The lowest BCUT2D eigenvalue weighted by Crippen LogP contribution is -2.21. The molecule has 0 spiro atoms. The minimum absolute atomic E-state index is 0.0528. The summed E-state index contributed by atoms with van der Waals surface area (Å²) in [5, 5.41) is 13.8. The number of hydrogen-bond donors (Lipinski definition) is 0. The van der Waals surface area contributed by atoms with Crippen molar-refractivity contribution in [1.29, 1.82) is 0 Å². The van der Waals surface area contributed by atoms with E-state index in [1.165, 1.54) is 6.20 Å². The van der Waals surface area contributed by atoms with Gasteiger partial charge in [-0.3, -0.25) is 10.1 Å². The fraction of sp³-hybridized carbons (Fsp3) is 0.333. The van der Waals surface area contributed by atoms with Crippen molar-refractivity contribution in [3.05, 3.63) is 44.5 Å². The van der Waals surface area contributed by atoms with E-state index in [0.717, 1.165) is 23.8 Å². The van der Waals surface area contributed by atoms with Gasteiger partial charge in [-0.05, 0) is 13.0 Å². The van der Waals surface area contributed by atoms with Crippen molar-refractivity contribution in [2.45, 2.75) is 13.3 Å². The Morgan fingerprint density at radius 1 is 1.47 bits per heavy atom. The normalized spacial score (nSPS) is 10.4.